The summed E-state index contributed by atoms with van der Waals surface area (Å²) in [4.78, 5) is 12.5. The number of rotatable bonds is 7. The Bertz CT molecular complexity index is 999. The molecule has 2 aromatic carbocycles. The van der Waals surface area contributed by atoms with Crippen molar-refractivity contribution in [2.75, 3.05) is 0 Å². The van der Waals surface area contributed by atoms with Crippen LogP contribution in [-0.4, -0.2) is 20.5 Å². The second-order valence-corrected chi connectivity index (χ2v) is 8.46. The predicted octanol–water partition coefficient (Wildman–Crippen LogP) is 5.23. The quantitative estimate of drug-likeness (QED) is 0.518. The van der Waals surface area contributed by atoms with Crippen LogP contribution < -0.4 is 0 Å². The largest absolute Gasteiger partial charge is 0.315 e. The minimum absolute atomic E-state index is 0.142. The van der Waals surface area contributed by atoms with E-state index in [4.69, 9.17) is 23.2 Å². The number of hydrogen-bond acceptors (Lipinski definition) is 3. The highest BCUT2D eigenvalue weighted by Gasteiger charge is 2.27. The van der Waals surface area contributed by atoms with Crippen molar-refractivity contribution >= 4 is 29.0 Å². The summed E-state index contributed by atoms with van der Waals surface area (Å²) in [6, 6.07) is 13.8. The average molecular weight is 428 g/mol. The summed E-state index contributed by atoms with van der Waals surface area (Å²) in [5, 5.41) is 10.0. The highest BCUT2D eigenvalue weighted by atomic mass is 35.5. The Balaban J connectivity index is 1.41. The van der Waals surface area contributed by atoms with Gasteiger partial charge >= 0.3 is 0 Å². The third-order valence-electron chi connectivity index (χ3n) is 5.54. The van der Waals surface area contributed by atoms with Crippen LogP contribution in [0.15, 0.2) is 42.5 Å². The van der Waals surface area contributed by atoms with E-state index in [1.54, 1.807) is 18.2 Å². The molecule has 1 heterocycles. The van der Waals surface area contributed by atoms with E-state index < -0.39 is 0 Å². The van der Waals surface area contributed by atoms with Crippen molar-refractivity contribution in [3.63, 3.8) is 0 Å². The maximum absolute atomic E-state index is 12.5. The smallest absolute Gasteiger partial charge is 0.137 e. The van der Waals surface area contributed by atoms with E-state index in [0.717, 1.165) is 36.6 Å². The average Bonchev–Trinajstić information content (AvgIpc) is 3.28. The number of nitrogens with zero attached hydrogens (tertiary/aromatic N) is 3. The summed E-state index contributed by atoms with van der Waals surface area (Å²) in [5.41, 5.74) is 3.65. The summed E-state index contributed by atoms with van der Waals surface area (Å²) in [5.74, 6) is 2.42. The number of aromatic nitrogens is 3. The van der Waals surface area contributed by atoms with Gasteiger partial charge in [-0.25, -0.2) is 0 Å². The van der Waals surface area contributed by atoms with E-state index in [-0.39, 0.29) is 5.78 Å². The first kappa shape index (κ1) is 20.1. The Hall–Kier alpha value is -2.17. The minimum Gasteiger partial charge on any atom is -0.315 e. The topological polar surface area (TPSA) is 47.8 Å². The third kappa shape index (κ3) is 4.54. The molecule has 0 atom stereocenters. The van der Waals surface area contributed by atoms with Gasteiger partial charge in [-0.2, -0.15) is 0 Å². The van der Waals surface area contributed by atoms with Gasteiger partial charge in [-0.1, -0.05) is 47.5 Å². The molecule has 29 heavy (non-hydrogen) atoms. The van der Waals surface area contributed by atoms with Crippen molar-refractivity contribution in [2.24, 2.45) is 0 Å². The molecule has 1 aromatic heterocycles. The SMILES string of the molecule is CCn1c(CCC(=O)Cc2cc(Cl)cc(Cl)c2)nnc1C1Cc2ccccc2C1. The number of aryl methyl sites for hydroxylation is 1. The molecule has 1 aliphatic carbocycles. The molecule has 150 valence electrons. The van der Waals surface area contributed by atoms with Crippen LogP contribution in [0, 0.1) is 0 Å². The molecule has 0 amide bonds. The van der Waals surface area contributed by atoms with Crippen LogP contribution in [0.4, 0.5) is 0 Å². The monoisotopic (exact) mass is 427 g/mol. The van der Waals surface area contributed by atoms with Crippen molar-refractivity contribution < 1.29 is 4.79 Å². The minimum atomic E-state index is 0.142. The lowest BCUT2D eigenvalue weighted by molar-refractivity contribution is -0.118. The standard InChI is InChI=1S/C23H23Cl2N3O/c1-2-28-22(8-7-21(29)11-15-9-19(24)14-20(25)10-15)26-27-23(28)18-12-16-5-3-4-6-17(16)13-18/h3-6,9-10,14,18H,2,7-8,11-13H2,1H3. The Kier molecular flexibility index (Phi) is 6.02. The van der Waals surface area contributed by atoms with E-state index in [9.17, 15) is 4.79 Å². The van der Waals surface area contributed by atoms with Crippen molar-refractivity contribution in [1.82, 2.24) is 14.8 Å². The van der Waals surface area contributed by atoms with Gasteiger partial charge in [0.25, 0.3) is 0 Å². The molecular formula is C23H23Cl2N3O. The summed E-state index contributed by atoms with van der Waals surface area (Å²) < 4.78 is 2.18. The predicted molar refractivity (Wildman–Crippen MR) is 116 cm³/mol. The molecule has 0 saturated carbocycles. The van der Waals surface area contributed by atoms with E-state index in [1.807, 2.05) is 0 Å². The molecule has 0 N–H and O–H groups in total. The van der Waals surface area contributed by atoms with Gasteiger partial charge in [0.2, 0.25) is 0 Å². The number of carbonyl (C=O) groups is 1. The zero-order valence-electron chi connectivity index (χ0n) is 16.4. The van der Waals surface area contributed by atoms with Gasteiger partial charge in [-0.15, -0.1) is 10.2 Å². The second kappa shape index (κ2) is 8.68. The van der Waals surface area contributed by atoms with Crippen molar-refractivity contribution in [1.29, 1.82) is 0 Å². The second-order valence-electron chi connectivity index (χ2n) is 7.59. The van der Waals surface area contributed by atoms with Crippen LogP contribution in [0.3, 0.4) is 0 Å². The zero-order chi connectivity index (χ0) is 20.4. The normalized spacial score (nSPS) is 13.6. The van der Waals surface area contributed by atoms with Gasteiger partial charge < -0.3 is 4.57 Å². The van der Waals surface area contributed by atoms with Crippen molar-refractivity contribution in [3.8, 4) is 0 Å². The van der Waals surface area contributed by atoms with Crippen molar-refractivity contribution in [2.45, 2.75) is 51.5 Å². The third-order valence-corrected chi connectivity index (χ3v) is 5.98. The molecule has 0 fully saturated rings. The van der Waals surface area contributed by atoms with Crippen LogP contribution >= 0.6 is 23.2 Å². The van der Waals surface area contributed by atoms with Crippen LogP contribution in [0.5, 0.6) is 0 Å². The Morgan fingerprint density at radius 2 is 1.72 bits per heavy atom. The van der Waals surface area contributed by atoms with Gasteiger partial charge in [-0.3, -0.25) is 4.79 Å². The number of fused-ring (bicyclic) bond motifs is 1. The van der Waals surface area contributed by atoms with Gasteiger partial charge in [0.05, 0.1) is 0 Å². The van der Waals surface area contributed by atoms with Crippen molar-refractivity contribution in [3.05, 3.63) is 80.8 Å². The van der Waals surface area contributed by atoms with Gasteiger partial charge in [-0.05, 0) is 54.7 Å². The van der Waals surface area contributed by atoms with Crippen LogP contribution in [0.25, 0.3) is 0 Å². The van der Waals surface area contributed by atoms with E-state index in [1.165, 1.54) is 11.1 Å². The van der Waals surface area contributed by atoms with Crippen LogP contribution in [0.1, 0.15) is 47.6 Å². The molecule has 1 aliphatic rings. The first-order valence-electron chi connectivity index (χ1n) is 9.99. The van der Waals surface area contributed by atoms with E-state index >= 15 is 0 Å². The summed E-state index contributed by atoms with van der Waals surface area (Å²) >= 11 is 12.1. The number of halogens is 2. The van der Waals surface area contributed by atoms with Crippen LogP contribution in [0.2, 0.25) is 10.0 Å². The van der Waals surface area contributed by atoms with Gasteiger partial charge in [0.1, 0.15) is 17.4 Å². The summed E-state index contributed by atoms with van der Waals surface area (Å²) in [6.45, 7) is 2.91. The van der Waals surface area contributed by atoms with Gasteiger partial charge in [0.15, 0.2) is 0 Å². The first-order valence-corrected chi connectivity index (χ1v) is 10.7. The molecule has 0 bridgehead atoms. The number of ketones is 1. The molecule has 3 aromatic rings. The highest BCUT2D eigenvalue weighted by Crippen LogP contribution is 2.33. The van der Waals surface area contributed by atoms with E-state index in [0.29, 0.717) is 35.2 Å². The fraction of sp³-hybridized carbons (Fsp3) is 0.348. The Morgan fingerprint density at radius 3 is 2.34 bits per heavy atom. The molecule has 0 aliphatic heterocycles. The molecule has 6 heteroatoms. The fourth-order valence-electron chi connectivity index (χ4n) is 4.20. The lowest BCUT2D eigenvalue weighted by Gasteiger charge is -2.12. The molecule has 0 saturated heterocycles. The molecule has 4 nitrogen and oxygen atoms in total. The van der Waals surface area contributed by atoms with E-state index in [2.05, 4.69) is 46.0 Å². The van der Waals surface area contributed by atoms with Gasteiger partial charge in [0, 0.05) is 41.8 Å². The Morgan fingerprint density at radius 1 is 1.07 bits per heavy atom. The number of carbonyl (C=O) groups excluding carboxylic acids is 1. The molecular weight excluding hydrogens is 405 g/mol. The maximum Gasteiger partial charge on any atom is 0.137 e. The lowest BCUT2D eigenvalue weighted by Crippen LogP contribution is -2.12. The summed E-state index contributed by atoms with van der Waals surface area (Å²) in [7, 11) is 0. The number of benzene rings is 2. The molecule has 0 radical (unpaired) electrons. The fourth-order valence-corrected chi connectivity index (χ4v) is 4.77. The summed E-state index contributed by atoms with van der Waals surface area (Å²) in [6.07, 6.45) is 3.34. The maximum atomic E-state index is 12.5. The lowest BCUT2D eigenvalue weighted by atomic mass is 10.0. The zero-order valence-corrected chi connectivity index (χ0v) is 17.9. The molecule has 4 rings (SSSR count). The molecule has 0 spiro atoms. The van der Waals surface area contributed by atoms with Crippen LogP contribution in [-0.2, 0) is 37.0 Å². The highest BCUT2D eigenvalue weighted by molar-refractivity contribution is 6.34. The number of Topliss-reactive ketones (excluding diaryl/α,β-unsaturated/α-hetero) is 1. The first-order chi connectivity index (χ1) is 14.0. The molecule has 0 unspecified atom stereocenters. The number of hydrogen-bond donors (Lipinski definition) is 0. The Labute approximate surface area is 180 Å².